The van der Waals surface area contributed by atoms with Crippen LogP contribution in [0.5, 0.6) is 17.2 Å². The largest absolute Gasteiger partial charge is 0.493 e. The Morgan fingerprint density at radius 2 is 2.00 bits per heavy atom. The second kappa shape index (κ2) is 8.74. The smallest absolute Gasteiger partial charge is 0.340 e. The maximum absolute atomic E-state index is 13.0. The fraction of sp³-hybridized carbons (Fsp3) is 0.318. The van der Waals surface area contributed by atoms with Gasteiger partial charge in [-0.05, 0) is 50.1 Å². The number of ether oxygens (including phenoxy) is 4. The Morgan fingerprint density at radius 3 is 2.67 bits per heavy atom. The van der Waals surface area contributed by atoms with E-state index in [0.717, 1.165) is 0 Å². The monoisotopic (exact) mass is 410 g/mol. The van der Waals surface area contributed by atoms with E-state index < -0.39 is 11.8 Å². The number of aryl methyl sites for hydroxylation is 1. The van der Waals surface area contributed by atoms with Crippen molar-refractivity contribution in [2.75, 3.05) is 26.9 Å². The third-order valence-electron chi connectivity index (χ3n) is 4.67. The zero-order valence-corrected chi connectivity index (χ0v) is 17.3. The van der Waals surface area contributed by atoms with E-state index in [4.69, 9.17) is 18.9 Å². The van der Waals surface area contributed by atoms with Gasteiger partial charge in [-0.25, -0.2) is 4.79 Å². The molecule has 1 aromatic heterocycles. The molecule has 156 valence electrons. The molecule has 0 unspecified atom stereocenters. The number of nitriles is 1. The molecule has 2 aromatic rings. The number of nitrogens with one attached hydrogen (secondary N) is 1. The van der Waals surface area contributed by atoms with E-state index in [1.807, 2.05) is 6.07 Å². The lowest BCUT2D eigenvalue weighted by molar-refractivity contribution is 0.0525. The Hall–Kier alpha value is -3.73. The third-order valence-corrected chi connectivity index (χ3v) is 4.67. The highest BCUT2D eigenvalue weighted by Crippen LogP contribution is 2.41. The minimum absolute atomic E-state index is 0.103. The summed E-state index contributed by atoms with van der Waals surface area (Å²) >= 11 is 0. The van der Waals surface area contributed by atoms with Crippen molar-refractivity contribution in [1.82, 2.24) is 4.98 Å². The molecule has 30 heavy (non-hydrogen) atoms. The van der Waals surface area contributed by atoms with E-state index in [2.05, 4.69) is 4.98 Å². The lowest BCUT2D eigenvalue weighted by atomic mass is 10.0. The molecule has 0 amide bonds. The number of carbonyl (C=O) groups is 2. The molecule has 0 fully saturated rings. The molecule has 0 atom stereocenters. The van der Waals surface area contributed by atoms with Crippen molar-refractivity contribution >= 4 is 17.8 Å². The minimum atomic E-state index is -0.525. The number of hydrogen-bond acceptors (Lipinski definition) is 7. The van der Waals surface area contributed by atoms with E-state index >= 15 is 0 Å². The van der Waals surface area contributed by atoms with Gasteiger partial charge in [0.05, 0.1) is 25.0 Å². The Morgan fingerprint density at radius 1 is 1.27 bits per heavy atom. The first-order valence-electron chi connectivity index (χ1n) is 9.41. The summed E-state index contributed by atoms with van der Waals surface area (Å²) < 4.78 is 21.6. The molecular formula is C22H22N2O6. The van der Waals surface area contributed by atoms with Crippen LogP contribution in [0.1, 0.15) is 44.6 Å². The number of rotatable bonds is 6. The molecule has 0 aliphatic carbocycles. The Balaban J connectivity index is 2.00. The van der Waals surface area contributed by atoms with Gasteiger partial charge in [0.2, 0.25) is 11.5 Å². The average molecular weight is 410 g/mol. The quantitative estimate of drug-likeness (QED) is 0.336. The molecule has 3 rings (SSSR count). The Bertz CT molecular complexity index is 1060. The van der Waals surface area contributed by atoms with Gasteiger partial charge in [-0.1, -0.05) is 0 Å². The van der Waals surface area contributed by atoms with Gasteiger partial charge in [0.15, 0.2) is 11.5 Å². The Labute approximate surface area is 174 Å². The minimum Gasteiger partial charge on any atom is -0.493 e. The summed E-state index contributed by atoms with van der Waals surface area (Å²) in [5.41, 5.74) is 1.87. The van der Waals surface area contributed by atoms with Crippen LogP contribution in [0.3, 0.4) is 0 Å². The first-order valence-corrected chi connectivity index (χ1v) is 9.41. The van der Waals surface area contributed by atoms with Crippen molar-refractivity contribution in [3.63, 3.8) is 0 Å². The fourth-order valence-electron chi connectivity index (χ4n) is 3.31. The van der Waals surface area contributed by atoms with Gasteiger partial charge < -0.3 is 23.9 Å². The van der Waals surface area contributed by atoms with Crippen molar-refractivity contribution in [3.05, 3.63) is 45.8 Å². The number of Topliss-reactive ketones (excluding diaryl/α,β-unsaturated/α-hetero) is 1. The number of fused-ring (bicyclic) bond motifs is 1. The van der Waals surface area contributed by atoms with Crippen LogP contribution in [0.25, 0.3) is 6.08 Å². The zero-order chi connectivity index (χ0) is 21.8. The highest BCUT2D eigenvalue weighted by atomic mass is 16.6. The third kappa shape index (κ3) is 3.87. The fourth-order valence-corrected chi connectivity index (χ4v) is 3.31. The number of esters is 1. The summed E-state index contributed by atoms with van der Waals surface area (Å²) in [6.45, 7) is 6.06. The van der Waals surface area contributed by atoms with Crippen molar-refractivity contribution in [2.45, 2.75) is 20.8 Å². The van der Waals surface area contributed by atoms with Gasteiger partial charge >= 0.3 is 5.97 Å². The van der Waals surface area contributed by atoms with Crippen molar-refractivity contribution < 1.29 is 28.5 Å². The predicted octanol–water partition coefficient (Wildman–Crippen LogP) is 3.38. The lowest BCUT2D eigenvalue weighted by Crippen LogP contribution is -2.16. The van der Waals surface area contributed by atoms with Crippen LogP contribution in [0.2, 0.25) is 0 Å². The number of nitrogens with zero attached hydrogens (tertiary/aromatic N) is 1. The lowest BCUT2D eigenvalue weighted by Gasteiger charge is -2.21. The molecule has 0 saturated carbocycles. The standard InChI is InChI=1S/C22H22N2O6/c1-5-28-22(26)18-12(2)19(24-13(18)3)20(25)15(11-23)8-14-9-16(27-4)21-17(10-14)29-6-7-30-21/h8-10,24H,5-7H2,1-4H3/b15-8+. The molecule has 1 aliphatic rings. The number of allylic oxidation sites excluding steroid dienone is 1. The van der Waals surface area contributed by atoms with Gasteiger partial charge in [0, 0.05) is 5.69 Å². The number of carbonyl (C=O) groups excluding carboxylic acids is 2. The topological polar surface area (TPSA) is 111 Å². The van der Waals surface area contributed by atoms with E-state index in [-0.39, 0.29) is 17.9 Å². The predicted molar refractivity (Wildman–Crippen MR) is 108 cm³/mol. The van der Waals surface area contributed by atoms with Crippen molar-refractivity contribution in [2.24, 2.45) is 0 Å². The first kappa shape index (κ1) is 21.0. The molecule has 8 nitrogen and oxygen atoms in total. The SMILES string of the molecule is CCOC(=O)c1c(C)[nH]c(C(=O)/C(C#N)=C/c2cc(OC)c3c(c2)OCCO3)c1C. The second-order valence-electron chi connectivity index (χ2n) is 6.59. The van der Waals surface area contributed by atoms with Crippen LogP contribution in [0.4, 0.5) is 0 Å². The van der Waals surface area contributed by atoms with Gasteiger partial charge in [-0.15, -0.1) is 0 Å². The number of H-pyrrole nitrogens is 1. The zero-order valence-electron chi connectivity index (χ0n) is 17.3. The average Bonchev–Trinajstić information content (AvgIpc) is 3.04. The summed E-state index contributed by atoms with van der Waals surface area (Å²) in [4.78, 5) is 28.1. The number of ketones is 1. The molecule has 1 aromatic carbocycles. The van der Waals surface area contributed by atoms with Crippen molar-refractivity contribution in [3.8, 4) is 23.3 Å². The summed E-state index contributed by atoms with van der Waals surface area (Å²) in [5.74, 6) is 0.373. The molecule has 0 spiro atoms. The first-order chi connectivity index (χ1) is 14.4. The van der Waals surface area contributed by atoms with Gasteiger partial charge in [-0.2, -0.15) is 5.26 Å². The van der Waals surface area contributed by atoms with E-state index in [0.29, 0.717) is 52.8 Å². The van der Waals surface area contributed by atoms with Crippen LogP contribution in [0, 0.1) is 25.2 Å². The van der Waals surface area contributed by atoms with E-state index in [1.54, 1.807) is 32.9 Å². The normalized spacial score (nSPS) is 12.8. The number of methoxy groups -OCH3 is 1. The summed E-state index contributed by atoms with van der Waals surface area (Å²) in [5, 5.41) is 9.61. The number of aromatic nitrogens is 1. The van der Waals surface area contributed by atoms with E-state index in [1.165, 1.54) is 13.2 Å². The molecule has 2 heterocycles. The number of benzene rings is 1. The molecule has 0 radical (unpaired) electrons. The maximum atomic E-state index is 13.0. The highest BCUT2D eigenvalue weighted by molar-refractivity contribution is 6.15. The van der Waals surface area contributed by atoms with Gasteiger partial charge in [0.1, 0.15) is 24.9 Å². The molecule has 8 heteroatoms. The van der Waals surface area contributed by atoms with E-state index in [9.17, 15) is 14.9 Å². The van der Waals surface area contributed by atoms with Crippen LogP contribution in [-0.2, 0) is 4.74 Å². The van der Waals surface area contributed by atoms with Crippen LogP contribution in [0.15, 0.2) is 17.7 Å². The summed E-state index contributed by atoms with van der Waals surface area (Å²) in [6.07, 6.45) is 1.45. The molecule has 0 saturated heterocycles. The van der Waals surface area contributed by atoms with Crippen LogP contribution >= 0.6 is 0 Å². The second-order valence-corrected chi connectivity index (χ2v) is 6.59. The highest BCUT2D eigenvalue weighted by Gasteiger charge is 2.25. The molecule has 1 N–H and O–H groups in total. The van der Waals surface area contributed by atoms with Crippen molar-refractivity contribution in [1.29, 1.82) is 5.26 Å². The Kier molecular flexibility index (Phi) is 6.11. The van der Waals surface area contributed by atoms with Crippen LogP contribution < -0.4 is 14.2 Å². The summed E-state index contributed by atoms with van der Waals surface area (Å²) in [6, 6.07) is 5.28. The number of hydrogen-bond donors (Lipinski definition) is 1. The number of aromatic amines is 1. The van der Waals surface area contributed by atoms with Crippen LogP contribution in [-0.4, -0.2) is 43.7 Å². The van der Waals surface area contributed by atoms with Gasteiger partial charge in [0.25, 0.3) is 0 Å². The van der Waals surface area contributed by atoms with Gasteiger partial charge in [-0.3, -0.25) is 4.79 Å². The summed E-state index contributed by atoms with van der Waals surface area (Å²) in [7, 11) is 1.50. The molecule has 1 aliphatic heterocycles. The molecular weight excluding hydrogens is 388 g/mol. The molecule has 0 bridgehead atoms. The maximum Gasteiger partial charge on any atom is 0.340 e.